The van der Waals surface area contributed by atoms with Crippen LogP contribution in [0, 0.1) is 13.8 Å². The van der Waals surface area contributed by atoms with Crippen molar-refractivity contribution in [3.63, 3.8) is 0 Å². The summed E-state index contributed by atoms with van der Waals surface area (Å²) < 4.78 is 16.7. The molecule has 0 saturated heterocycles. The van der Waals surface area contributed by atoms with E-state index in [0.717, 1.165) is 16.9 Å². The minimum Gasteiger partial charge on any atom is -0.494 e. The van der Waals surface area contributed by atoms with Crippen LogP contribution in [0.5, 0.6) is 17.2 Å². The normalized spacial score (nSPS) is 10.4. The highest BCUT2D eigenvalue weighted by molar-refractivity contribution is 6.05. The Morgan fingerprint density at radius 3 is 2.09 bits per heavy atom. The molecule has 0 aliphatic heterocycles. The summed E-state index contributed by atoms with van der Waals surface area (Å²) in [4.78, 5) is 25.1. The Morgan fingerprint density at radius 1 is 0.794 bits per heavy atom. The molecule has 0 radical (unpaired) electrons. The zero-order chi connectivity index (χ0) is 24.5. The van der Waals surface area contributed by atoms with Crippen molar-refractivity contribution in [3.8, 4) is 17.2 Å². The maximum atomic E-state index is 12.5. The van der Waals surface area contributed by atoms with Crippen molar-refractivity contribution in [1.29, 1.82) is 0 Å². The van der Waals surface area contributed by atoms with Gasteiger partial charge in [-0.05, 0) is 49.6 Å². The topological polar surface area (TPSA) is 85.9 Å². The number of rotatable bonds is 10. The van der Waals surface area contributed by atoms with Gasteiger partial charge in [-0.15, -0.1) is 0 Å². The van der Waals surface area contributed by atoms with E-state index in [4.69, 9.17) is 14.2 Å². The fourth-order valence-electron chi connectivity index (χ4n) is 3.37. The van der Waals surface area contributed by atoms with Gasteiger partial charge >= 0.3 is 0 Å². The van der Waals surface area contributed by atoms with E-state index in [1.807, 2.05) is 38.1 Å². The first-order valence-electron chi connectivity index (χ1n) is 11.0. The molecule has 2 N–H and O–H groups in total. The van der Waals surface area contributed by atoms with Gasteiger partial charge in [-0.1, -0.05) is 30.3 Å². The molecule has 7 nitrogen and oxygen atoms in total. The number of hydrogen-bond donors (Lipinski definition) is 2. The number of nitrogens with one attached hydrogen (secondary N) is 2. The van der Waals surface area contributed by atoms with Crippen LogP contribution in [0.15, 0.2) is 60.7 Å². The lowest BCUT2D eigenvalue weighted by Crippen LogP contribution is -2.15. The van der Waals surface area contributed by atoms with E-state index in [1.165, 1.54) is 14.2 Å². The zero-order valence-electron chi connectivity index (χ0n) is 19.9. The molecule has 3 aromatic rings. The van der Waals surface area contributed by atoms with Crippen molar-refractivity contribution in [3.05, 3.63) is 77.4 Å². The van der Waals surface area contributed by atoms with Crippen LogP contribution >= 0.6 is 0 Å². The number of aryl methyl sites for hydroxylation is 2. The predicted octanol–water partition coefficient (Wildman–Crippen LogP) is 5.37. The summed E-state index contributed by atoms with van der Waals surface area (Å²) in [6, 6.07) is 18.2. The van der Waals surface area contributed by atoms with Gasteiger partial charge in [0.05, 0.1) is 32.2 Å². The minimum atomic E-state index is -0.276. The van der Waals surface area contributed by atoms with Crippen LogP contribution in [-0.4, -0.2) is 32.6 Å². The molecule has 3 aromatic carbocycles. The van der Waals surface area contributed by atoms with Crippen molar-refractivity contribution in [2.24, 2.45) is 0 Å². The number of carbonyl (C=O) groups excluding carboxylic acids is 2. The Labute approximate surface area is 200 Å². The summed E-state index contributed by atoms with van der Waals surface area (Å²) in [5, 5.41) is 5.68. The molecule has 0 aromatic heterocycles. The molecule has 7 heteroatoms. The van der Waals surface area contributed by atoms with Crippen LogP contribution in [0.25, 0.3) is 0 Å². The van der Waals surface area contributed by atoms with E-state index in [1.54, 1.807) is 36.4 Å². The molecule has 0 saturated carbocycles. The molecule has 0 atom stereocenters. The average Bonchev–Trinajstić information content (AvgIpc) is 2.84. The second-order valence-corrected chi connectivity index (χ2v) is 7.84. The van der Waals surface area contributed by atoms with Crippen LogP contribution in [0.1, 0.15) is 34.3 Å². The van der Waals surface area contributed by atoms with Gasteiger partial charge < -0.3 is 24.8 Å². The number of ether oxygens (including phenoxy) is 3. The molecule has 2 amide bonds. The number of benzene rings is 3. The van der Waals surface area contributed by atoms with Gasteiger partial charge in [-0.2, -0.15) is 0 Å². The van der Waals surface area contributed by atoms with E-state index in [2.05, 4.69) is 10.6 Å². The number of carbonyl (C=O) groups is 2. The Hall–Kier alpha value is -4.00. The van der Waals surface area contributed by atoms with Crippen molar-refractivity contribution in [2.75, 3.05) is 31.5 Å². The molecule has 0 fully saturated rings. The molecule has 34 heavy (non-hydrogen) atoms. The van der Waals surface area contributed by atoms with Gasteiger partial charge in [0.1, 0.15) is 17.2 Å². The first kappa shape index (κ1) is 24.6. The summed E-state index contributed by atoms with van der Waals surface area (Å²) in [6.45, 7) is 4.44. The molecular formula is C27H30N2O5. The molecular weight excluding hydrogens is 432 g/mol. The molecule has 0 aliphatic carbocycles. The highest BCUT2D eigenvalue weighted by Gasteiger charge is 2.16. The third-order valence-electron chi connectivity index (χ3n) is 5.23. The van der Waals surface area contributed by atoms with Crippen LogP contribution in [0.2, 0.25) is 0 Å². The lowest BCUT2D eigenvalue weighted by Gasteiger charge is -2.16. The molecule has 0 spiro atoms. The summed E-state index contributed by atoms with van der Waals surface area (Å²) in [7, 11) is 2.99. The lowest BCUT2D eigenvalue weighted by atomic mass is 10.1. The second-order valence-electron chi connectivity index (χ2n) is 7.84. The fraction of sp³-hybridized carbons (Fsp3) is 0.259. The van der Waals surface area contributed by atoms with Crippen molar-refractivity contribution < 1.29 is 23.8 Å². The monoisotopic (exact) mass is 462 g/mol. The number of amides is 2. The fourth-order valence-corrected chi connectivity index (χ4v) is 3.37. The SMILES string of the molecule is COc1cc(NC(=O)c2ccccc2)c(OC)cc1NC(=O)CCCOc1cc(C)ccc1C. The van der Waals surface area contributed by atoms with Crippen molar-refractivity contribution in [1.82, 2.24) is 0 Å². The Bertz CT molecular complexity index is 1150. The van der Waals surface area contributed by atoms with E-state index >= 15 is 0 Å². The number of hydrogen-bond acceptors (Lipinski definition) is 5. The third-order valence-corrected chi connectivity index (χ3v) is 5.23. The summed E-state index contributed by atoms with van der Waals surface area (Å²) in [5.74, 6) is 1.19. The molecule has 0 aliphatic rings. The van der Waals surface area contributed by atoms with Gasteiger partial charge in [-0.25, -0.2) is 0 Å². The standard InChI is InChI=1S/C27H30N2O5/c1-18-12-13-19(2)23(15-18)34-14-8-11-26(30)28-21-16-25(33-4)22(17-24(21)32-3)29-27(31)20-9-6-5-7-10-20/h5-7,9-10,12-13,15-17H,8,11,14H2,1-4H3,(H,28,30)(H,29,31). The van der Waals surface area contributed by atoms with Gasteiger partial charge in [0.25, 0.3) is 5.91 Å². The average molecular weight is 463 g/mol. The highest BCUT2D eigenvalue weighted by Crippen LogP contribution is 2.36. The molecule has 0 bridgehead atoms. The quantitative estimate of drug-likeness (QED) is 0.396. The van der Waals surface area contributed by atoms with Crippen LogP contribution in [0.4, 0.5) is 11.4 Å². The smallest absolute Gasteiger partial charge is 0.255 e. The minimum absolute atomic E-state index is 0.175. The van der Waals surface area contributed by atoms with E-state index < -0.39 is 0 Å². The van der Waals surface area contributed by atoms with E-state index in [-0.39, 0.29) is 18.2 Å². The number of anilines is 2. The lowest BCUT2D eigenvalue weighted by molar-refractivity contribution is -0.116. The van der Waals surface area contributed by atoms with Gasteiger partial charge in [-0.3, -0.25) is 9.59 Å². The summed E-state index contributed by atoms with van der Waals surface area (Å²) >= 11 is 0. The summed E-state index contributed by atoms with van der Waals surface area (Å²) in [6.07, 6.45) is 0.840. The van der Waals surface area contributed by atoms with Crippen molar-refractivity contribution >= 4 is 23.2 Å². The zero-order valence-corrected chi connectivity index (χ0v) is 19.9. The van der Waals surface area contributed by atoms with Crippen molar-refractivity contribution in [2.45, 2.75) is 26.7 Å². The molecule has 3 rings (SSSR count). The maximum absolute atomic E-state index is 12.5. The maximum Gasteiger partial charge on any atom is 0.255 e. The first-order chi connectivity index (χ1) is 16.4. The Morgan fingerprint density at radius 2 is 1.44 bits per heavy atom. The third kappa shape index (κ3) is 6.51. The second kappa shape index (κ2) is 11.7. The highest BCUT2D eigenvalue weighted by atomic mass is 16.5. The van der Waals surface area contributed by atoms with Crippen LogP contribution in [-0.2, 0) is 4.79 Å². The summed E-state index contributed by atoms with van der Waals surface area (Å²) in [5.41, 5.74) is 3.60. The molecule has 0 unspecified atom stereocenters. The predicted molar refractivity (Wildman–Crippen MR) is 133 cm³/mol. The van der Waals surface area contributed by atoms with Crippen LogP contribution < -0.4 is 24.8 Å². The molecule has 178 valence electrons. The molecule has 0 heterocycles. The Kier molecular flexibility index (Phi) is 8.51. The number of methoxy groups -OCH3 is 2. The van der Waals surface area contributed by atoms with Gasteiger partial charge in [0.2, 0.25) is 5.91 Å². The van der Waals surface area contributed by atoms with Crippen LogP contribution in [0.3, 0.4) is 0 Å². The Balaban J connectivity index is 1.61. The first-order valence-corrected chi connectivity index (χ1v) is 11.0. The van der Waals surface area contributed by atoms with Gasteiger partial charge in [0.15, 0.2) is 0 Å². The largest absolute Gasteiger partial charge is 0.494 e. The van der Waals surface area contributed by atoms with E-state index in [0.29, 0.717) is 41.5 Å². The van der Waals surface area contributed by atoms with Gasteiger partial charge in [0, 0.05) is 24.1 Å². The van der Waals surface area contributed by atoms with E-state index in [9.17, 15) is 9.59 Å².